The van der Waals surface area contributed by atoms with Crippen LogP contribution in [-0.2, 0) is 5.41 Å². The molecule has 1 aromatic carbocycles. The number of rotatable bonds is 2. The second-order valence-electron chi connectivity index (χ2n) is 5.25. The SMILES string of the molecule is CCOc1ccc2c(c1)C1(CCCS2)CCNC1. The van der Waals surface area contributed by atoms with E-state index in [1.54, 1.807) is 0 Å². The largest absolute Gasteiger partial charge is 0.494 e. The molecule has 18 heavy (non-hydrogen) atoms. The number of hydrogen-bond acceptors (Lipinski definition) is 3. The number of thioether (sulfide) groups is 1. The van der Waals surface area contributed by atoms with Gasteiger partial charge in [-0.25, -0.2) is 0 Å². The van der Waals surface area contributed by atoms with E-state index in [0.717, 1.165) is 25.4 Å². The normalized spacial score (nSPS) is 26.9. The molecule has 0 radical (unpaired) electrons. The van der Waals surface area contributed by atoms with Crippen LogP contribution in [0.1, 0.15) is 31.7 Å². The van der Waals surface area contributed by atoms with Gasteiger partial charge in [0.2, 0.25) is 0 Å². The maximum absolute atomic E-state index is 5.69. The molecule has 2 aliphatic rings. The monoisotopic (exact) mass is 263 g/mol. The van der Waals surface area contributed by atoms with E-state index in [4.69, 9.17) is 4.74 Å². The average molecular weight is 263 g/mol. The van der Waals surface area contributed by atoms with Gasteiger partial charge in [-0.15, -0.1) is 11.8 Å². The summed E-state index contributed by atoms with van der Waals surface area (Å²) >= 11 is 2.01. The van der Waals surface area contributed by atoms with Gasteiger partial charge in [0.1, 0.15) is 5.75 Å². The molecule has 2 aliphatic heterocycles. The summed E-state index contributed by atoms with van der Waals surface area (Å²) in [5, 5.41) is 3.55. The Morgan fingerprint density at radius 2 is 2.33 bits per heavy atom. The van der Waals surface area contributed by atoms with Gasteiger partial charge in [-0.1, -0.05) is 0 Å². The summed E-state index contributed by atoms with van der Waals surface area (Å²) in [6.07, 6.45) is 3.91. The first-order valence-corrected chi connectivity index (χ1v) is 7.93. The third-order valence-corrected chi connectivity index (χ3v) is 5.29. The third kappa shape index (κ3) is 2.14. The van der Waals surface area contributed by atoms with Crippen LogP contribution in [0.3, 0.4) is 0 Å². The Morgan fingerprint density at radius 3 is 3.11 bits per heavy atom. The van der Waals surface area contributed by atoms with Gasteiger partial charge in [0.05, 0.1) is 6.61 Å². The van der Waals surface area contributed by atoms with E-state index in [0.29, 0.717) is 5.41 Å². The van der Waals surface area contributed by atoms with Crippen molar-refractivity contribution in [2.75, 3.05) is 25.4 Å². The van der Waals surface area contributed by atoms with E-state index in [-0.39, 0.29) is 0 Å². The zero-order valence-corrected chi connectivity index (χ0v) is 11.8. The van der Waals surface area contributed by atoms with Crippen molar-refractivity contribution < 1.29 is 4.74 Å². The molecule has 0 bridgehead atoms. The van der Waals surface area contributed by atoms with Gasteiger partial charge in [0.15, 0.2) is 0 Å². The first-order chi connectivity index (χ1) is 8.84. The van der Waals surface area contributed by atoms with Gasteiger partial charge in [-0.05, 0) is 62.2 Å². The molecule has 2 heterocycles. The first-order valence-electron chi connectivity index (χ1n) is 6.95. The minimum absolute atomic E-state index is 0.367. The molecule has 0 saturated carbocycles. The molecule has 1 spiro atoms. The van der Waals surface area contributed by atoms with Crippen LogP contribution in [0.5, 0.6) is 5.75 Å². The molecule has 1 saturated heterocycles. The van der Waals surface area contributed by atoms with Crippen LogP contribution in [0.2, 0.25) is 0 Å². The van der Waals surface area contributed by atoms with Gasteiger partial charge < -0.3 is 10.1 Å². The minimum atomic E-state index is 0.367. The van der Waals surface area contributed by atoms with Crippen molar-refractivity contribution in [1.82, 2.24) is 5.32 Å². The Bertz CT molecular complexity index is 427. The predicted molar refractivity (Wildman–Crippen MR) is 76.7 cm³/mol. The number of hydrogen-bond donors (Lipinski definition) is 1. The van der Waals surface area contributed by atoms with Crippen LogP contribution in [0, 0.1) is 0 Å². The Kier molecular flexibility index (Phi) is 3.53. The molecule has 98 valence electrons. The van der Waals surface area contributed by atoms with Gasteiger partial charge in [0.25, 0.3) is 0 Å². The lowest BCUT2D eigenvalue weighted by molar-refractivity contribution is 0.337. The highest BCUT2D eigenvalue weighted by atomic mass is 32.2. The van der Waals surface area contributed by atoms with Gasteiger partial charge in [0, 0.05) is 16.9 Å². The third-order valence-electron chi connectivity index (χ3n) is 4.13. The minimum Gasteiger partial charge on any atom is -0.494 e. The lowest BCUT2D eigenvalue weighted by atomic mass is 9.76. The average Bonchev–Trinajstić information content (AvgIpc) is 2.78. The van der Waals surface area contributed by atoms with Gasteiger partial charge >= 0.3 is 0 Å². The first kappa shape index (κ1) is 12.4. The van der Waals surface area contributed by atoms with Crippen molar-refractivity contribution in [3.63, 3.8) is 0 Å². The molecule has 0 aromatic heterocycles. The summed E-state index contributed by atoms with van der Waals surface area (Å²) in [7, 11) is 0. The Labute approximate surface area is 113 Å². The second-order valence-corrected chi connectivity index (χ2v) is 6.39. The molecule has 1 fully saturated rings. The summed E-state index contributed by atoms with van der Waals surface area (Å²) in [5.74, 6) is 2.29. The molecule has 2 nitrogen and oxygen atoms in total. The van der Waals surface area contributed by atoms with E-state index >= 15 is 0 Å². The van der Waals surface area contributed by atoms with E-state index < -0.39 is 0 Å². The highest BCUT2D eigenvalue weighted by Crippen LogP contribution is 2.45. The highest BCUT2D eigenvalue weighted by molar-refractivity contribution is 7.99. The predicted octanol–water partition coefficient (Wildman–Crippen LogP) is 3.20. The molecule has 3 rings (SSSR count). The zero-order chi connectivity index (χ0) is 12.4. The summed E-state index contributed by atoms with van der Waals surface area (Å²) in [5.41, 5.74) is 1.90. The van der Waals surface area contributed by atoms with E-state index in [9.17, 15) is 0 Å². The number of nitrogens with one attached hydrogen (secondary N) is 1. The second kappa shape index (κ2) is 5.14. The van der Waals surface area contributed by atoms with E-state index in [2.05, 4.69) is 23.5 Å². The fraction of sp³-hybridized carbons (Fsp3) is 0.600. The molecule has 0 aliphatic carbocycles. The van der Waals surface area contributed by atoms with Gasteiger partial charge in [-0.3, -0.25) is 0 Å². The fourth-order valence-corrected chi connectivity index (χ4v) is 4.32. The summed E-state index contributed by atoms with van der Waals surface area (Å²) in [6.45, 7) is 5.09. The van der Waals surface area contributed by atoms with Crippen LogP contribution >= 0.6 is 11.8 Å². The topological polar surface area (TPSA) is 21.3 Å². The standard InChI is InChI=1S/C15H21NOS/c1-2-17-12-4-5-14-13(10-12)15(6-3-9-18-14)7-8-16-11-15/h4-5,10,16H,2-3,6-9,11H2,1H3. The molecule has 1 unspecified atom stereocenters. The maximum Gasteiger partial charge on any atom is 0.119 e. The Hall–Kier alpha value is -0.670. The van der Waals surface area contributed by atoms with Crippen molar-refractivity contribution in [3.05, 3.63) is 23.8 Å². The number of ether oxygens (including phenoxy) is 1. The molecule has 3 heteroatoms. The van der Waals surface area contributed by atoms with Crippen LogP contribution in [0.25, 0.3) is 0 Å². The molecule has 1 atom stereocenters. The van der Waals surface area contributed by atoms with Crippen molar-refractivity contribution >= 4 is 11.8 Å². The molecular weight excluding hydrogens is 242 g/mol. The van der Waals surface area contributed by atoms with Crippen molar-refractivity contribution in [2.45, 2.75) is 36.5 Å². The van der Waals surface area contributed by atoms with Crippen molar-refractivity contribution in [3.8, 4) is 5.75 Å². The van der Waals surface area contributed by atoms with Crippen LogP contribution in [0.15, 0.2) is 23.1 Å². The molecule has 0 amide bonds. The van der Waals surface area contributed by atoms with Crippen molar-refractivity contribution in [2.24, 2.45) is 0 Å². The highest BCUT2D eigenvalue weighted by Gasteiger charge is 2.38. The van der Waals surface area contributed by atoms with Crippen LogP contribution in [0.4, 0.5) is 0 Å². The van der Waals surface area contributed by atoms with Gasteiger partial charge in [-0.2, -0.15) is 0 Å². The van der Waals surface area contributed by atoms with Crippen LogP contribution < -0.4 is 10.1 Å². The zero-order valence-electron chi connectivity index (χ0n) is 11.0. The molecular formula is C15H21NOS. The van der Waals surface area contributed by atoms with Crippen LogP contribution in [-0.4, -0.2) is 25.4 Å². The fourth-order valence-electron chi connectivity index (χ4n) is 3.22. The van der Waals surface area contributed by atoms with E-state index in [1.807, 2.05) is 18.7 Å². The quantitative estimate of drug-likeness (QED) is 0.885. The molecule has 1 N–H and O–H groups in total. The van der Waals surface area contributed by atoms with Crippen molar-refractivity contribution in [1.29, 1.82) is 0 Å². The molecule has 1 aromatic rings. The summed E-state index contributed by atoms with van der Waals surface area (Å²) < 4.78 is 5.69. The summed E-state index contributed by atoms with van der Waals surface area (Å²) in [4.78, 5) is 1.47. The lowest BCUT2D eigenvalue weighted by Crippen LogP contribution is -2.29. The van der Waals surface area contributed by atoms with E-state index in [1.165, 1.54) is 35.5 Å². The Morgan fingerprint density at radius 1 is 1.39 bits per heavy atom. The maximum atomic E-state index is 5.69. The summed E-state index contributed by atoms with van der Waals surface area (Å²) in [6, 6.07) is 6.68. The number of benzene rings is 1. The number of fused-ring (bicyclic) bond motifs is 2. The Balaban J connectivity index is 2.03. The smallest absolute Gasteiger partial charge is 0.119 e. The lowest BCUT2D eigenvalue weighted by Gasteiger charge is -2.29.